The van der Waals surface area contributed by atoms with Gasteiger partial charge in [-0.3, -0.25) is 9.78 Å². The molecule has 1 unspecified atom stereocenters. The summed E-state index contributed by atoms with van der Waals surface area (Å²) in [6.07, 6.45) is 5.19. The fourth-order valence-corrected chi connectivity index (χ4v) is 5.01. The van der Waals surface area contributed by atoms with Gasteiger partial charge in [-0.2, -0.15) is 9.78 Å². The Morgan fingerprint density at radius 3 is 2.51 bits per heavy atom. The maximum atomic E-state index is 13.8. The molecule has 0 bridgehead atoms. The lowest BCUT2D eigenvalue weighted by molar-refractivity contribution is 0.242. The van der Waals surface area contributed by atoms with Crippen molar-refractivity contribution in [3.05, 3.63) is 76.5 Å². The van der Waals surface area contributed by atoms with E-state index < -0.39 is 28.7 Å². The molecule has 2 aliphatic rings. The van der Waals surface area contributed by atoms with Crippen molar-refractivity contribution in [3.8, 4) is 11.4 Å². The van der Waals surface area contributed by atoms with E-state index in [1.807, 2.05) is 27.4 Å². The minimum atomic E-state index is -1.40. The quantitative estimate of drug-likeness (QED) is 0.422. The van der Waals surface area contributed by atoms with Crippen molar-refractivity contribution < 1.29 is 18.1 Å². The minimum Gasteiger partial charge on any atom is -0.579 e. The van der Waals surface area contributed by atoms with Crippen molar-refractivity contribution in [1.29, 1.82) is 0 Å². The van der Waals surface area contributed by atoms with E-state index in [0.29, 0.717) is 45.0 Å². The normalized spacial score (nSPS) is 18.0. The highest BCUT2D eigenvalue weighted by molar-refractivity contribution is 7.87. The second-order valence-corrected chi connectivity index (χ2v) is 10.9. The zero-order chi connectivity index (χ0) is 26.0. The Hall–Kier alpha value is -3.06. The third-order valence-corrected chi connectivity index (χ3v) is 7.82. The summed E-state index contributed by atoms with van der Waals surface area (Å²) in [6.45, 7) is 4.77. The molecule has 1 atom stereocenters. The number of benzene rings is 1. The van der Waals surface area contributed by atoms with Crippen LogP contribution in [0.2, 0.25) is 0 Å². The van der Waals surface area contributed by atoms with Gasteiger partial charge in [-0.1, -0.05) is 13.0 Å². The van der Waals surface area contributed by atoms with E-state index in [1.165, 1.54) is 6.20 Å². The Balaban J connectivity index is 1.32. The lowest BCUT2D eigenvalue weighted by Crippen LogP contribution is -2.52. The van der Waals surface area contributed by atoms with E-state index in [0.717, 1.165) is 41.4 Å². The highest BCUT2D eigenvalue weighted by atomic mass is 32.2. The molecule has 1 saturated heterocycles. The molecule has 9 nitrogen and oxygen atoms in total. The number of rotatable bonds is 9. The maximum absolute atomic E-state index is 13.8. The molecule has 0 spiro atoms. The zero-order valence-corrected chi connectivity index (χ0v) is 21.2. The molecule has 1 aliphatic heterocycles. The van der Waals surface area contributed by atoms with Crippen LogP contribution in [-0.2, 0) is 18.1 Å². The fourth-order valence-electron chi connectivity index (χ4n) is 4.06. The fraction of sp³-hybridized carbons (Fsp3) is 0.400. The van der Waals surface area contributed by atoms with Crippen LogP contribution in [0.1, 0.15) is 25.5 Å². The first-order valence-electron chi connectivity index (χ1n) is 12.1. The van der Waals surface area contributed by atoms with E-state index in [4.69, 9.17) is 4.74 Å². The summed E-state index contributed by atoms with van der Waals surface area (Å²) in [4.78, 5) is 19.6. The molecule has 3 heterocycles. The second kappa shape index (κ2) is 10.7. The van der Waals surface area contributed by atoms with Gasteiger partial charge in [0.15, 0.2) is 0 Å². The SMILES string of the molecule is CC1(COc2c(N3CCN([S+]([O-])NCc4ccccn4)CC3)cnn(-c3cc(F)cc(F)c3)c2=O)CC1. The predicted molar refractivity (Wildman–Crippen MR) is 136 cm³/mol. The molecule has 0 amide bonds. The topological polar surface area (TPSA) is 98.6 Å². The van der Waals surface area contributed by atoms with Crippen LogP contribution in [0, 0.1) is 17.0 Å². The summed E-state index contributed by atoms with van der Waals surface area (Å²) in [5, 5.41) is 4.20. The Kier molecular flexibility index (Phi) is 7.43. The van der Waals surface area contributed by atoms with Crippen molar-refractivity contribution in [2.45, 2.75) is 26.3 Å². The average molecular weight is 531 g/mol. The number of hydrogen-bond acceptors (Lipinski definition) is 8. The number of nitrogens with zero attached hydrogens (tertiary/aromatic N) is 5. The van der Waals surface area contributed by atoms with Crippen LogP contribution in [0.3, 0.4) is 0 Å². The van der Waals surface area contributed by atoms with Crippen molar-refractivity contribution in [2.24, 2.45) is 5.41 Å². The average Bonchev–Trinajstić information content (AvgIpc) is 3.63. The van der Waals surface area contributed by atoms with E-state index in [1.54, 1.807) is 6.20 Å². The molecule has 5 rings (SSSR count). The van der Waals surface area contributed by atoms with Gasteiger partial charge < -0.3 is 14.2 Å². The van der Waals surface area contributed by atoms with Crippen molar-refractivity contribution in [3.63, 3.8) is 0 Å². The molecule has 0 radical (unpaired) electrons. The van der Waals surface area contributed by atoms with Gasteiger partial charge in [0.1, 0.15) is 28.9 Å². The van der Waals surface area contributed by atoms with Gasteiger partial charge in [-0.05, 0) is 37.1 Å². The number of anilines is 1. The number of nitrogens with one attached hydrogen (secondary N) is 1. The predicted octanol–water partition coefficient (Wildman–Crippen LogP) is 2.58. The van der Waals surface area contributed by atoms with Crippen molar-refractivity contribution in [1.82, 2.24) is 23.8 Å². The van der Waals surface area contributed by atoms with Gasteiger partial charge in [0, 0.05) is 30.8 Å². The summed E-state index contributed by atoms with van der Waals surface area (Å²) < 4.78 is 52.2. The van der Waals surface area contributed by atoms with Crippen molar-refractivity contribution >= 4 is 17.2 Å². The second-order valence-electron chi connectivity index (χ2n) is 9.61. The molecule has 2 fully saturated rings. The molecule has 1 aliphatic carbocycles. The molecule has 1 saturated carbocycles. The Labute approximate surface area is 216 Å². The maximum Gasteiger partial charge on any atom is 0.316 e. The Morgan fingerprint density at radius 1 is 1.14 bits per heavy atom. The Bertz CT molecular complexity index is 1280. The van der Waals surface area contributed by atoms with Gasteiger partial charge in [0.05, 0.1) is 43.8 Å². The number of hydrogen-bond donors (Lipinski definition) is 1. The van der Waals surface area contributed by atoms with Crippen LogP contribution in [-0.4, -0.2) is 56.4 Å². The first-order chi connectivity index (χ1) is 17.8. The molecule has 1 N–H and O–H groups in total. The minimum absolute atomic E-state index is 0.0116. The number of ether oxygens (including phenoxy) is 1. The number of aromatic nitrogens is 3. The van der Waals surface area contributed by atoms with Gasteiger partial charge in [0.2, 0.25) is 5.75 Å². The number of piperazine rings is 1. The van der Waals surface area contributed by atoms with Gasteiger partial charge in [-0.25, -0.2) is 8.78 Å². The van der Waals surface area contributed by atoms with Gasteiger partial charge in [-0.15, -0.1) is 9.03 Å². The van der Waals surface area contributed by atoms with E-state index in [-0.39, 0.29) is 16.9 Å². The van der Waals surface area contributed by atoms with Crippen LogP contribution in [0.5, 0.6) is 5.75 Å². The van der Waals surface area contributed by atoms with Crippen LogP contribution in [0.4, 0.5) is 14.5 Å². The van der Waals surface area contributed by atoms with E-state index >= 15 is 0 Å². The molecule has 3 aromatic rings. The van der Waals surface area contributed by atoms with E-state index in [2.05, 4.69) is 21.7 Å². The van der Waals surface area contributed by atoms with Crippen LogP contribution < -0.4 is 19.9 Å². The lowest BCUT2D eigenvalue weighted by atomic mass is 10.2. The molecule has 1 aromatic carbocycles. The molecule has 37 heavy (non-hydrogen) atoms. The largest absolute Gasteiger partial charge is 0.579 e. The summed E-state index contributed by atoms with van der Waals surface area (Å²) in [6, 6.07) is 8.40. The van der Waals surface area contributed by atoms with E-state index in [9.17, 15) is 18.1 Å². The first kappa shape index (κ1) is 25.6. The van der Waals surface area contributed by atoms with Crippen LogP contribution in [0.25, 0.3) is 5.69 Å². The highest BCUT2D eigenvalue weighted by Crippen LogP contribution is 2.45. The first-order valence-corrected chi connectivity index (χ1v) is 13.2. The number of halogens is 2. The van der Waals surface area contributed by atoms with Gasteiger partial charge in [0.25, 0.3) is 0 Å². The summed E-state index contributed by atoms with van der Waals surface area (Å²) >= 11 is -1.40. The molecule has 196 valence electrons. The molecular formula is C25H28F2N6O3S. The van der Waals surface area contributed by atoms with Crippen molar-refractivity contribution in [2.75, 3.05) is 37.7 Å². The number of pyridine rings is 1. The third-order valence-electron chi connectivity index (χ3n) is 6.59. The van der Waals surface area contributed by atoms with Crippen LogP contribution in [0.15, 0.2) is 53.6 Å². The monoisotopic (exact) mass is 530 g/mol. The highest BCUT2D eigenvalue weighted by Gasteiger charge is 2.39. The van der Waals surface area contributed by atoms with Crippen LogP contribution >= 0.6 is 0 Å². The molecular weight excluding hydrogens is 502 g/mol. The third kappa shape index (κ3) is 6.09. The standard InChI is InChI=1S/C25H28F2N6O3S/c1-25(5-6-25)17-36-23-22(16-29-33(24(23)34)21-13-18(26)12-19(27)14-21)31-8-10-32(11-9-31)37(35)30-15-20-4-2-3-7-28-20/h2-4,7,12-14,16,30H,5-6,8-11,15,17H2,1H3. The lowest BCUT2D eigenvalue weighted by Gasteiger charge is -2.35. The smallest absolute Gasteiger partial charge is 0.316 e. The summed E-state index contributed by atoms with van der Waals surface area (Å²) in [5.74, 6) is -1.52. The summed E-state index contributed by atoms with van der Waals surface area (Å²) in [5.41, 5.74) is 0.711. The molecule has 12 heteroatoms. The van der Waals surface area contributed by atoms with Gasteiger partial charge >= 0.3 is 5.56 Å². The Morgan fingerprint density at radius 2 is 1.86 bits per heavy atom. The molecule has 2 aromatic heterocycles. The zero-order valence-electron chi connectivity index (χ0n) is 20.4. The summed E-state index contributed by atoms with van der Waals surface area (Å²) in [7, 11) is 0.